The van der Waals surface area contributed by atoms with E-state index >= 15 is 0 Å². The summed E-state index contributed by atoms with van der Waals surface area (Å²) in [4.78, 5) is 15.7. The summed E-state index contributed by atoms with van der Waals surface area (Å²) < 4.78 is 0. The van der Waals surface area contributed by atoms with Gasteiger partial charge in [-0.2, -0.15) is 0 Å². The van der Waals surface area contributed by atoms with Gasteiger partial charge < -0.3 is 14.9 Å². The van der Waals surface area contributed by atoms with Crippen molar-refractivity contribution in [3.05, 3.63) is 29.3 Å². The summed E-state index contributed by atoms with van der Waals surface area (Å²) in [5, 5.41) is 9.20. The zero-order valence-electron chi connectivity index (χ0n) is 11.9. The smallest absolute Gasteiger partial charge is 0.336 e. The van der Waals surface area contributed by atoms with Gasteiger partial charge in [-0.1, -0.05) is 6.07 Å². The molecule has 1 aliphatic heterocycles. The highest BCUT2D eigenvalue weighted by Gasteiger charge is 2.22. The molecule has 1 aliphatic rings. The average Bonchev–Trinajstić information content (AvgIpc) is 2.39. The van der Waals surface area contributed by atoms with E-state index in [2.05, 4.69) is 23.9 Å². The first-order valence-corrected chi connectivity index (χ1v) is 6.74. The number of hydrogen-bond acceptors (Lipinski definition) is 3. The number of aromatic carboxylic acids is 1. The maximum Gasteiger partial charge on any atom is 0.336 e. The predicted octanol–water partition coefficient (Wildman–Crippen LogP) is 2.22. The molecule has 1 heterocycles. The molecule has 0 spiro atoms. The van der Waals surface area contributed by atoms with Crippen molar-refractivity contribution in [2.24, 2.45) is 0 Å². The van der Waals surface area contributed by atoms with Crippen molar-refractivity contribution in [1.82, 2.24) is 4.90 Å². The molecule has 0 aliphatic carbocycles. The summed E-state index contributed by atoms with van der Waals surface area (Å²) in [7, 11) is 4.21. The van der Waals surface area contributed by atoms with Crippen LogP contribution in [0.4, 0.5) is 5.69 Å². The van der Waals surface area contributed by atoms with Gasteiger partial charge in [-0.25, -0.2) is 4.79 Å². The number of anilines is 1. The van der Waals surface area contributed by atoms with Crippen molar-refractivity contribution in [2.45, 2.75) is 25.8 Å². The van der Waals surface area contributed by atoms with E-state index in [4.69, 9.17) is 0 Å². The Kier molecular flexibility index (Phi) is 4.10. The van der Waals surface area contributed by atoms with Gasteiger partial charge in [0.15, 0.2) is 0 Å². The van der Waals surface area contributed by atoms with E-state index in [1.54, 1.807) is 6.07 Å². The van der Waals surface area contributed by atoms with Gasteiger partial charge in [-0.3, -0.25) is 0 Å². The summed E-state index contributed by atoms with van der Waals surface area (Å²) in [6, 6.07) is 6.27. The Bertz CT molecular complexity index is 471. The topological polar surface area (TPSA) is 43.8 Å². The monoisotopic (exact) mass is 262 g/mol. The molecular formula is C15H22N2O2. The molecule has 19 heavy (non-hydrogen) atoms. The fourth-order valence-electron chi connectivity index (χ4n) is 2.65. The van der Waals surface area contributed by atoms with Crippen molar-refractivity contribution in [1.29, 1.82) is 0 Å². The molecule has 1 unspecified atom stereocenters. The van der Waals surface area contributed by atoms with Crippen LogP contribution in [0.15, 0.2) is 18.2 Å². The lowest BCUT2D eigenvalue weighted by Gasteiger charge is -2.37. The van der Waals surface area contributed by atoms with Gasteiger partial charge in [-0.15, -0.1) is 0 Å². The Hall–Kier alpha value is -1.55. The van der Waals surface area contributed by atoms with Crippen molar-refractivity contribution < 1.29 is 9.90 Å². The molecule has 0 saturated carbocycles. The van der Waals surface area contributed by atoms with E-state index in [-0.39, 0.29) is 0 Å². The van der Waals surface area contributed by atoms with Gasteiger partial charge in [0.25, 0.3) is 0 Å². The van der Waals surface area contributed by atoms with E-state index in [0.29, 0.717) is 11.6 Å². The van der Waals surface area contributed by atoms with Crippen LogP contribution in [0.2, 0.25) is 0 Å². The largest absolute Gasteiger partial charge is 0.478 e. The average molecular weight is 262 g/mol. The minimum atomic E-state index is -0.847. The van der Waals surface area contributed by atoms with Gasteiger partial charge in [0.1, 0.15) is 0 Å². The number of carbonyl (C=O) groups is 1. The molecule has 4 nitrogen and oxygen atoms in total. The Morgan fingerprint density at radius 2 is 2.16 bits per heavy atom. The second kappa shape index (κ2) is 5.61. The molecule has 1 aromatic carbocycles. The predicted molar refractivity (Wildman–Crippen MR) is 77.1 cm³/mol. The molecule has 2 rings (SSSR count). The first-order chi connectivity index (χ1) is 8.99. The summed E-state index contributed by atoms with van der Waals surface area (Å²) in [5.41, 5.74) is 2.25. The van der Waals surface area contributed by atoms with Crippen molar-refractivity contribution in [3.63, 3.8) is 0 Å². The molecule has 0 amide bonds. The quantitative estimate of drug-likeness (QED) is 0.907. The van der Waals surface area contributed by atoms with Crippen LogP contribution in [0.3, 0.4) is 0 Å². The van der Waals surface area contributed by atoms with Crippen LogP contribution in [-0.4, -0.2) is 49.2 Å². The van der Waals surface area contributed by atoms with Crippen molar-refractivity contribution >= 4 is 11.7 Å². The Morgan fingerprint density at radius 3 is 2.79 bits per heavy atom. The number of rotatable bonds is 3. The molecule has 0 radical (unpaired) electrons. The first-order valence-electron chi connectivity index (χ1n) is 6.74. The van der Waals surface area contributed by atoms with Gasteiger partial charge >= 0.3 is 5.97 Å². The molecule has 1 fully saturated rings. The van der Waals surface area contributed by atoms with E-state index in [1.807, 2.05) is 19.1 Å². The number of nitrogens with zero attached hydrogens (tertiary/aromatic N) is 2. The maximum atomic E-state index is 11.2. The third-order valence-corrected chi connectivity index (χ3v) is 3.94. The van der Waals surface area contributed by atoms with Crippen LogP contribution in [0.25, 0.3) is 0 Å². The molecule has 0 bridgehead atoms. The Labute approximate surface area is 114 Å². The molecule has 0 aromatic heterocycles. The number of carboxylic acid groups (broad SMARTS) is 1. The van der Waals surface area contributed by atoms with E-state index in [9.17, 15) is 9.90 Å². The van der Waals surface area contributed by atoms with E-state index in [1.165, 1.54) is 6.42 Å². The SMILES string of the molecule is Cc1ccc(N2CCCC(N(C)C)C2)cc1C(=O)O. The third kappa shape index (κ3) is 3.07. The lowest BCUT2D eigenvalue weighted by Crippen LogP contribution is -2.45. The molecule has 104 valence electrons. The standard InChI is InChI=1S/C15H22N2O2/c1-11-6-7-12(9-14(11)15(18)19)17-8-4-5-13(10-17)16(2)3/h6-7,9,13H,4-5,8,10H2,1-3H3,(H,18,19). The number of aryl methyl sites for hydroxylation is 1. The Balaban J connectivity index is 2.22. The van der Waals surface area contributed by atoms with Crippen LogP contribution >= 0.6 is 0 Å². The van der Waals surface area contributed by atoms with Crippen molar-refractivity contribution in [2.75, 3.05) is 32.1 Å². The highest BCUT2D eigenvalue weighted by molar-refractivity contribution is 5.90. The number of piperidine rings is 1. The van der Waals surface area contributed by atoms with Gasteiger partial charge in [0, 0.05) is 24.8 Å². The van der Waals surface area contributed by atoms with E-state index in [0.717, 1.165) is 30.8 Å². The first kappa shape index (κ1) is 13.9. The number of benzene rings is 1. The molecule has 1 saturated heterocycles. The zero-order valence-corrected chi connectivity index (χ0v) is 11.9. The number of likely N-dealkylation sites (N-methyl/N-ethyl adjacent to an activating group) is 1. The highest BCUT2D eigenvalue weighted by Crippen LogP contribution is 2.24. The molecule has 1 aromatic rings. The summed E-state index contributed by atoms with van der Waals surface area (Å²) in [6.07, 6.45) is 2.36. The van der Waals surface area contributed by atoms with E-state index < -0.39 is 5.97 Å². The van der Waals surface area contributed by atoms with Crippen LogP contribution in [0.5, 0.6) is 0 Å². The second-order valence-electron chi connectivity index (χ2n) is 5.51. The molecule has 1 atom stereocenters. The lowest BCUT2D eigenvalue weighted by atomic mass is 10.0. The lowest BCUT2D eigenvalue weighted by molar-refractivity contribution is 0.0696. The number of carboxylic acids is 1. The molecular weight excluding hydrogens is 240 g/mol. The summed E-state index contributed by atoms with van der Waals surface area (Å²) in [6.45, 7) is 3.81. The van der Waals surface area contributed by atoms with Gasteiger partial charge in [0.2, 0.25) is 0 Å². The fourth-order valence-corrected chi connectivity index (χ4v) is 2.65. The normalized spacial score (nSPS) is 19.8. The van der Waals surface area contributed by atoms with Crippen molar-refractivity contribution in [3.8, 4) is 0 Å². The zero-order chi connectivity index (χ0) is 14.0. The van der Waals surface area contributed by atoms with Crippen LogP contribution < -0.4 is 4.90 Å². The fraction of sp³-hybridized carbons (Fsp3) is 0.533. The summed E-state index contributed by atoms with van der Waals surface area (Å²) in [5.74, 6) is -0.847. The second-order valence-corrected chi connectivity index (χ2v) is 5.51. The highest BCUT2D eigenvalue weighted by atomic mass is 16.4. The molecule has 1 N–H and O–H groups in total. The number of hydrogen-bond donors (Lipinski definition) is 1. The minimum absolute atomic E-state index is 0.407. The van der Waals surface area contributed by atoms with Crippen LogP contribution in [-0.2, 0) is 0 Å². The Morgan fingerprint density at radius 1 is 1.42 bits per heavy atom. The maximum absolute atomic E-state index is 11.2. The summed E-state index contributed by atoms with van der Waals surface area (Å²) >= 11 is 0. The minimum Gasteiger partial charge on any atom is -0.478 e. The van der Waals surface area contributed by atoms with Crippen LogP contribution in [0.1, 0.15) is 28.8 Å². The van der Waals surface area contributed by atoms with Gasteiger partial charge in [-0.05, 0) is 51.6 Å². The molecule has 4 heteroatoms. The van der Waals surface area contributed by atoms with Crippen LogP contribution in [0, 0.1) is 6.92 Å². The van der Waals surface area contributed by atoms with Gasteiger partial charge in [0.05, 0.1) is 5.56 Å². The third-order valence-electron chi connectivity index (χ3n) is 3.94.